The van der Waals surface area contributed by atoms with Gasteiger partial charge in [0.1, 0.15) is 0 Å². The average molecular weight is 392 g/mol. The van der Waals surface area contributed by atoms with Crippen molar-refractivity contribution in [1.82, 2.24) is 0 Å². The van der Waals surface area contributed by atoms with Crippen LogP contribution in [0.5, 0.6) is 0 Å². The molecule has 0 amide bonds. The molecule has 8 nitrogen and oxygen atoms in total. The fourth-order valence-electron chi connectivity index (χ4n) is 19.1. The third-order valence-corrected chi connectivity index (χ3v) is 60.6. The molecular formula is C17H16FeN6O2. The number of nitro groups is 1. The van der Waals surface area contributed by atoms with E-state index in [4.69, 9.17) is 0 Å². The predicted molar refractivity (Wildman–Crippen MR) is 88.5 cm³/mol. The van der Waals surface area contributed by atoms with Gasteiger partial charge < -0.3 is 0 Å². The normalized spacial score (nSPS) is 93.3. The van der Waals surface area contributed by atoms with Gasteiger partial charge in [-0.1, -0.05) is 0 Å². The molecule has 12 aliphatic rings. The summed E-state index contributed by atoms with van der Waals surface area (Å²) in [5.41, 5.74) is -0.649. The molecule has 0 aromatic carbocycles. The zero-order valence-corrected chi connectivity index (χ0v) is 14.8. The average Bonchev–Trinajstić information content (AvgIpc) is 3.47. The minimum absolute atomic E-state index is 0.186. The Hall–Kier alpha value is -1.47. The van der Waals surface area contributed by atoms with Crippen LogP contribution in [0.25, 0.3) is 0 Å². The first-order chi connectivity index (χ1) is 12.3. The summed E-state index contributed by atoms with van der Waals surface area (Å²) < 4.78 is 0.623. The second-order valence-corrected chi connectivity index (χ2v) is 37.0. The van der Waals surface area contributed by atoms with Crippen molar-refractivity contribution in [3.05, 3.63) is 10.1 Å². The molecule has 12 rings (SSSR count). The van der Waals surface area contributed by atoms with E-state index in [0.717, 1.165) is 16.1 Å². The van der Waals surface area contributed by atoms with Gasteiger partial charge in [-0.25, -0.2) is 0 Å². The van der Waals surface area contributed by atoms with Crippen LogP contribution in [-0.4, -0.2) is 34.9 Å². The van der Waals surface area contributed by atoms with Crippen molar-refractivity contribution in [3.63, 3.8) is 0 Å². The van der Waals surface area contributed by atoms with E-state index in [1.165, 1.54) is 46.1 Å². The number of fused-ring (bicyclic) bond motifs is 10. The molecule has 1 spiro atoms. The Morgan fingerprint density at radius 2 is 1.58 bits per heavy atom. The van der Waals surface area contributed by atoms with Crippen LogP contribution in [0.15, 0.2) is 25.4 Å². The van der Waals surface area contributed by atoms with Gasteiger partial charge in [0.05, 0.1) is 0 Å². The van der Waals surface area contributed by atoms with E-state index in [0.29, 0.717) is 4.31 Å². The van der Waals surface area contributed by atoms with Crippen LogP contribution in [0.3, 0.4) is 0 Å². The zero-order valence-electron chi connectivity index (χ0n) is 13.7. The quantitative estimate of drug-likeness (QED) is 0.403. The van der Waals surface area contributed by atoms with E-state index in [2.05, 4.69) is 25.4 Å². The molecule has 9 heteroatoms. The molecule has 0 N–H and O–H groups in total. The van der Waals surface area contributed by atoms with Crippen LogP contribution in [0.4, 0.5) is 0 Å². The van der Waals surface area contributed by atoms with Crippen LogP contribution in [0, 0.1) is 10.1 Å². The fraction of sp³-hybridized carbons (Fsp3) is 0.824. The SMILES string of the molecule is O=[N+]([O-])C1(CC2(C[C]34[CH]5[CH]6[CH]7[CH]3[Fe]6754389%10[CH]4[CH]3[CH]8[CH]9[CH]4%10)C=NN=N2)N=CC=N1. The predicted octanol–water partition coefficient (Wildman–Crippen LogP) is 3.80. The third-order valence-electron chi connectivity index (χ3n) is 17.6. The van der Waals surface area contributed by atoms with Gasteiger partial charge in [-0.2, -0.15) is 0 Å². The second kappa shape index (κ2) is 1.16. The first kappa shape index (κ1) is 10.8. The van der Waals surface area contributed by atoms with Crippen molar-refractivity contribution in [3.8, 4) is 0 Å². The Morgan fingerprint density at radius 1 is 0.962 bits per heavy atom. The molecule has 12 aliphatic heterocycles. The summed E-state index contributed by atoms with van der Waals surface area (Å²) in [5, 5.41) is 24.4. The molecule has 0 aromatic heterocycles. The Kier molecular flexibility index (Phi) is 0.479. The van der Waals surface area contributed by atoms with E-state index >= 15 is 0 Å². The molecule has 5 atom stereocenters. The zero-order chi connectivity index (χ0) is 16.7. The number of hydrogen-bond acceptors (Lipinski definition) is 7. The van der Waals surface area contributed by atoms with E-state index in [9.17, 15) is 10.1 Å². The molecule has 10 saturated heterocycles. The Bertz CT molecular complexity index is 1380. The van der Waals surface area contributed by atoms with E-state index in [1.807, 2.05) is 6.21 Å². The molecule has 26 heavy (non-hydrogen) atoms. The van der Waals surface area contributed by atoms with Crippen molar-refractivity contribution < 1.29 is 11.4 Å². The first-order valence-electron chi connectivity index (χ1n) is 9.73. The number of aliphatic imine (C=N–C) groups is 2. The number of rotatable bonds is 5. The summed E-state index contributed by atoms with van der Waals surface area (Å²) in [6.45, 7) is -3.26. The van der Waals surface area contributed by atoms with Gasteiger partial charge in [-0.15, -0.1) is 0 Å². The molecule has 0 radical (unpaired) electrons. The number of nitrogens with zero attached hydrogens (tertiary/aromatic N) is 6. The maximum absolute atomic E-state index is 11.8. The summed E-state index contributed by atoms with van der Waals surface area (Å²) >= 11 is 0. The third kappa shape index (κ3) is 0.170. The summed E-state index contributed by atoms with van der Waals surface area (Å²) in [6.07, 6.45) is 5.90. The van der Waals surface area contributed by atoms with Crippen LogP contribution < -0.4 is 0 Å². The molecule has 0 saturated carbocycles. The Morgan fingerprint density at radius 3 is 1.96 bits per heavy atom. The van der Waals surface area contributed by atoms with Crippen molar-refractivity contribution in [2.45, 2.75) is 71.8 Å². The van der Waals surface area contributed by atoms with E-state index in [1.54, 1.807) is 0 Å². The molecule has 0 aliphatic carbocycles. The summed E-state index contributed by atoms with van der Waals surface area (Å²) in [6, 6.07) is 0. The molecule has 0 aromatic rings. The van der Waals surface area contributed by atoms with Gasteiger partial charge in [-0.05, 0) is 0 Å². The molecule has 0 bridgehead atoms. The summed E-state index contributed by atoms with van der Waals surface area (Å²) in [5.74, 6) is -1.62. The Balaban J connectivity index is 1.10. The first-order valence-corrected chi connectivity index (χ1v) is 16.0. The Labute approximate surface area is 137 Å². The van der Waals surface area contributed by atoms with Gasteiger partial charge in [-0.3, -0.25) is 0 Å². The standard InChI is InChI=1S/C12H11N6O2.C5H5.Fe/c19-18(20)12(13-5-6-14-12)8-11(9-15-17-16-11)7-10-3-1-2-4-10;1-2-4-5-3-1;/h1-6,9H,7-8H2;1-5H;. The maximum atomic E-state index is 11.8. The van der Waals surface area contributed by atoms with Gasteiger partial charge in [0, 0.05) is 0 Å². The van der Waals surface area contributed by atoms with Crippen LogP contribution >= 0.6 is 0 Å². The molecule has 12 heterocycles. The molecule has 10 fully saturated rings. The molecular weight excluding hydrogens is 376 g/mol. The fourth-order valence-corrected chi connectivity index (χ4v) is 94.1. The second-order valence-electron chi connectivity index (χ2n) is 13.3. The minimum atomic E-state index is -3.26. The van der Waals surface area contributed by atoms with Crippen molar-refractivity contribution in [2.75, 3.05) is 0 Å². The van der Waals surface area contributed by atoms with Crippen molar-refractivity contribution in [2.24, 2.45) is 25.4 Å². The van der Waals surface area contributed by atoms with Crippen LogP contribution in [0.1, 0.15) is 12.8 Å². The van der Waals surface area contributed by atoms with Gasteiger partial charge in [0.15, 0.2) is 0 Å². The van der Waals surface area contributed by atoms with Crippen molar-refractivity contribution >= 4 is 18.6 Å². The van der Waals surface area contributed by atoms with Gasteiger partial charge in [0.2, 0.25) is 0 Å². The summed E-state index contributed by atoms with van der Waals surface area (Å²) in [7, 11) is 0. The molecule has 5 unspecified atom stereocenters. The van der Waals surface area contributed by atoms with Crippen molar-refractivity contribution in [1.29, 1.82) is 0 Å². The summed E-state index contributed by atoms with van der Waals surface area (Å²) in [4.78, 5) is 30.7. The monoisotopic (exact) mass is 392 g/mol. The molecule has 134 valence electrons. The topological polar surface area (TPSA) is 105 Å². The van der Waals surface area contributed by atoms with E-state index in [-0.39, 0.29) is 11.3 Å². The van der Waals surface area contributed by atoms with Crippen LogP contribution in [-0.2, 0) is 6.51 Å². The van der Waals surface area contributed by atoms with Gasteiger partial charge in [0.25, 0.3) is 0 Å². The number of hydrogen-bond donors (Lipinski definition) is 0. The van der Waals surface area contributed by atoms with Gasteiger partial charge >= 0.3 is 137 Å². The van der Waals surface area contributed by atoms with Crippen LogP contribution in [0.2, 0.25) is 47.7 Å². The van der Waals surface area contributed by atoms with E-state index < -0.39 is 17.8 Å².